The summed E-state index contributed by atoms with van der Waals surface area (Å²) in [6, 6.07) is 13.5. The van der Waals surface area contributed by atoms with Crippen molar-refractivity contribution in [3.05, 3.63) is 74.2 Å². The number of hydrogen-bond donors (Lipinski definition) is 0. The standard InChI is InChI=1S/C15H13BrN2O3/c1-17(15(19)11-6-4-7-13(16)9-11)10-12-5-2-3-8-14(12)18(20)21/h2-9H,10H2,1H3. The van der Waals surface area contributed by atoms with Gasteiger partial charge in [0.25, 0.3) is 11.6 Å². The Morgan fingerprint density at radius 1 is 1.24 bits per heavy atom. The molecule has 0 aromatic heterocycles. The van der Waals surface area contributed by atoms with E-state index in [0.717, 1.165) is 4.47 Å². The Morgan fingerprint density at radius 3 is 2.62 bits per heavy atom. The second kappa shape index (κ2) is 6.49. The SMILES string of the molecule is CN(Cc1ccccc1[N+](=O)[O-])C(=O)c1cccc(Br)c1. The minimum atomic E-state index is -0.438. The first kappa shape index (κ1) is 15.2. The van der Waals surface area contributed by atoms with Crippen LogP contribution in [-0.4, -0.2) is 22.8 Å². The molecule has 6 heteroatoms. The molecule has 0 aliphatic rings. The molecule has 1 amide bonds. The van der Waals surface area contributed by atoms with Gasteiger partial charge in [-0.1, -0.05) is 40.2 Å². The molecule has 2 rings (SSSR count). The Labute approximate surface area is 130 Å². The molecule has 0 N–H and O–H groups in total. The van der Waals surface area contributed by atoms with Gasteiger partial charge in [0.2, 0.25) is 0 Å². The second-order valence-electron chi connectivity index (χ2n) is 4.56. The summed E-state index contributed by atoms with van der Waals surface area (Å²) in [5.74, 6) is -0.186. The van der Waals surface area contributed by atoms with Crippen LogP contribution in [0.15, 0.2) is 53.0 Å². The number of rotatable bonds is 4. The summed E-state index contributed by atoms with van der Waals surface area (Å²) in [6.07, 6.45) is 0. The quantitative estimate of drug-likeness (QED) is 0.625. The highest BCUT2D eigenvalue weighted by molar-refractivity contribution is 9.10. The lowest BCUT2D eigenvalue weighted by molar-refractivity contribution is -0.385. The Kier molecular flexibility index (Phi) is 4.70. The predicted molar refractivity (Wildman–Crippen MR) is 83.0 cm³/mol. The summed E-state index contributed by atoms with van der Waals surface area (Å²) >= 11 is 3.32. The van der Waals surface area contributed by atoms with Crippen molar-refractivity contribution in [2.24, 2.45) is 0 Å². The van der Waals surface area contributed by atoms with Crippen molar-refractivity contribution in [2.45, 2.75) is 6.54 Å². The van der Waals surface area contributed by atoms with E-state index in [1.54, 1.807) is 43.4 Å². The van der Waals surface area contributed by atoms with E-state index < -0.39 is 4.92 Å². The molecule has 0 fully saturated rings. The fourth-order valence-electron chi connectivity index (χ4n) is 1.99. The monoisotopic (exact) mass is 348 g/mol. The van der Waals surface area contributed by atoms with E-state index in [-0.39, 0.29) is 18.1 Å². The molecule has 108 valence electrons. The fraction of sp³-hybridized carbons (Fsp3) is 0.133. The van der Waals surface area contributed by atoms with Crippen molar-refractivity contribution in [1.82, 2.24) is 4.90 Å². The van der Waals surface area contributed by atoms with E-state index in [1.807, 2.05) is 6.07 Å². The average molecular weight is 349 g/mol. The molecular weight excluding hydrogens is 336 g/mol. The molecule has 0 saturated carbocycles. The molecule has 0 bridgehead atoms. The lowest BCUT2D eigenvalue weighted by atomic mass is 10.1. The van der Waals surface area contributed by atoms with Gasteiger partial charge in [-0.3, -0.25) is 14.9 Å². The highest BCUT2D eigenvalue weighted by atomic mass is 79.9. The minimum absolute atomic E-state index is 0.0198. The van der Waals surface area contributed by atoms with Crippen LogP contribution in [0.25, 0.3) is 0 Å². The van der Waals surface area contributed by atoms with Gasteiger partial charge in [-0.25, -0.2) is 0 Å². The first-order valence-corrected chi connectivity index (χ1v) is 7.01. The summed E-state index contributed by atoms with van der Waals surface area (Å²) in [4.78, 5) is 24.3. The predicted octanol–water partition coefficient (Wildman–Crippen LogP) is 3.63. The van der Waals surface area contributed by atoms with Gasteiger partial charge in [-0.15, -0.1) is 0 Å². The van der Waals surface area contributed by atoms with E-state index in [0.29, 0.717) is 11.1 Å². The largest absolute Gasteiger partial charge is 0.337 e. The molecule has 5 nitrogen and oxygen atoms in total. The molecule has 0 unspecified atom stereocenters. The van der Waals surface area contributed by atoms with E-state index in [2.05, 4.69) is 15.9 Å². The molecule has 0 aliphatic carbocycles. The summed E-state index contributed by atoms with van der Waals surface area (Å²) in [7, 11) is 1.62. The lowest BCUT2D eigenvalue weighted by Crippen LogP contribution is -2.26. The molecule has 0 spiro atoms. The zero-order valence-corrected chi connectivity index (χ0v) is 12.9. The summed E-state index contributed by atoms with van der Waals surface area (Å²) in [5, 5.41) is 11.0. The fourth-order valence-corrected chi connectivity index (χ4v) is 2.39. The van der Waals surface area contributed by atoms with Crippen LogP contribution in [0, 0.1) is 10.1 Å². The van der Waals surface area contributed by atoms with Gasteiger partial charge >= 0.3 is 0 Å². The molecule has 2 aromatic rings. The zero-order valence-electron chi connectivity index (χ0n) is 11.3. The van der Waals surface area contributed by atoms with Crippen molar-refractivity contribution in [3.8, 4) is 0 Å². The summed E-state index contributed by atoms with van der Waals surface area (Å²) in [5.41, 5.74) is 1.06. The maximum atomic E-state index is 12.3. The number of benzene rings is 2. The lowest BCUT2D eigenvalue weighted by Gasteiger charge is -2.17. The van der Waals surface area contributed by atoms with E-state index in [1.165, 1.54) is 11.0 Å². The molecule has 0 radical (unpaired) electrons. The third-order valence-corrected chi connectivity index (χ3v) is 3.51. The Morgan fingerprint density at radius 2 is 1.95 bits per heavy atom. The van der Waals surface area contributed by atoms with Crippen molar-refractivity contribution >= 4 is 27.5 Å². The topological polar surface area (TPSA) is 63.4 Å². The molecule has 0 atom stereocenters. The highest BCUT2D eigenvalue weighted by Crippen LogP contribution is 2.20. The van der Waals surface area contributed by atoms with Gasteiger partial charge in [-0.05, 0) is 18.2 Å². The van der Waals surface area contributed by atoms with Crippen molar-refractivity contribution < 1.29 is 9.72 Å². The van der Waals surface area contributed by atoms with E-state index in [4.69, 9.17) is 0 Å². The number of carbonyl (C=O) groups excluding carboxylic acids is 1. The number of hydrogen-bond acceptors (Lipinski definition) is 3. The number of amides is 1. The van der Waals surface area contributed by atoms with Crippen LogP contribution in [0.2, 0.25) is 0 Å². The summed E-state index contributed by atoms with van der Waals surface area (Å²) in [6.45, 7) is 0.183. The number of carbonyl (C=O) groups is 1. The molecule has 2 aromatic carbocycles. The molecule has 0 saturated heterocycles. The van der Waals surface area contributed by atoms with Crippen LogP contribution >= 0.6 is 15.9 Å². The first-order chi connectivity index (χ1) is 9.99. The maximum Gasteiger partial charge on any atom is 0.274 e. The number of para-hydroxylation sites is 1. The Bertz CT molecular complexity index is 688. The van der Waals surface area contributed by atoms with E-state index >= 15 is 0 Å². The zero-order chi connectivity index (χ0) is 15.4. The van der Waals surface area contributed by atoms with Crippen LogP contribution in [0.4, 0.5) is 5.69 Å². The van der Waals surface area contributed by atoms with Gasteiger partial charge in [0.05, 0.1) is 11.5 Å². The summed E-state index contributed by atoms with van der Waals surface area (Å²) < 4.78 is 0.812. The van der Waals surface area contributed by atoms with Gasteiger partial charge in [-0.2, -0.15) is 0 Å². The van der Waals surface area contributed by atoms with Gasteiger partial charge in [0.1, 0.15) is 0 Å². The second-order valence-corrected chi connectivity index (χ2v) is 5.47. The normalized spacial score (nSPS) is 10.2. The molecule has 0 heterocycles. The molecular formula is C15H13BrN2O3. The number of nitro groups is 1. The first-order valence-electron chi connectivity index (χ1n) is 6.22. The third kappa shape index (κ3) is 3.66. The van der Waals surface area contributed by atoms with Gasteiger partial charge < -0.3 is 4.90 Å². The van der Waals surface area contributed by atoms with Gasteiger partial charge in [0.15, 0.2) is 0 Å². The van der Waals surface area contributed by atoms with Crippen LogP contribution in [0.5, 0.6) is 0 Å². The highest BCUT2D eigenvalue weighted by Gasteiger charge is 2.17. The smallest absolute Gasteiger partial charge is 0.274 e. The minimum Gasteiger partial charge on any atom is -0.337 e. The van der Waals surface area contributed by atoms with Crippen LogP contribution in [0.1, 0.15) is 15.9 Å². The van der Waals surface area contributed by atoms with Crippen molar-refractivity contribution in [2.75, 3.05) is 7.05 Å². The maximum absolute atomic E-state index is 12.3. The van der Waals surface area contributed by atoms with Crippen LogP contribution in [0.3, 0.4) is 0 Å². The van der Waals surface area contributed by atoms with Gasteiger partial charge in [0, 0.05) is 28.7 Å². The van der Waals surface area contributed by atoms with Crippen LogP contribution in [-0.2, 0) is 6.54 Å². The molecule has 0 aliphatic heterocycles. The van der Waals surface area contributed by atoms with Crippen molar-refractivity contribution in [3.63, 3.8) is 0 Å². The van der Waals surface area contributed by atoms with E-state index in [9.17, 15) is 14.9 Å². The average Bonchev–Trinajstić information content (AvgIpc) is 2.46. The Hall–Kier alpha value is -2.21. The molecule has 21 heavy (non-hydrogen) atoms. The third-order valence-electron chi connectivity index (χ3n) is 3.01. The van der Waals surface area contributed by atoms with Crippen molar-refractivity contribution in [1.29, 1.82) is 0 Å². The Balaban J connectivity index is 2.20. The number of nitro benzene ring substituents is 1. The van der Waals surface area contributed by atoms with Crippen LogP contribution < -0.4 is 0 Å². The number of halogens is 1. The number of nitrogens with zero attached hydrogens (tertiary/aromatic N) is 2.